The minimum Gasteiger partial charge on any atom is -0.352 e. The molecule has 3 rings (SSSR count). The van der Waals surface area contributed by atoms with Crippen molar-refractivity contribution in [2.45, 2.75) is 115 Å². The van der Waals surface area contributed by atoms with E-state index in [9.17, 15) is 19.2 Å². The summed E-state index contributed by atoms with van der Waals surface area (Å²) in [4.78, 5) is 49.7. The smallest absolute Gasteiger partial charge is 0.235 e. The van der Waals surface area contributed by atoms with Gasteiger partial charge in [0.05, 0.1) is 0 Å². The van der Waals surface area contributed by atoms with Gasteiger partial charge in [0.1, 0.15) is 17.5 Å². The predicted molar refractivity (Wildman–Crippen MR) is 138 cm³/mol. The first-order valence-corrected chi connectivity index (χ1v) is 13.6. The van der Waals surface area contributed by atoms with Crippen molar-refractivity contribution in [1.82, 2.24) is 5.32 Å². The van der Waals surface area contributed by atoms with E-state index in [0.29, 0.717) is 36.4 Å². The number of amides is 2. The lowest BCUT2D eigenvalue weighted by atomic mass is 9.87. The van der Waals surface area contributed by atoms with Crippen LogP contribution in [0.4, 0.5) is 5.69 Å². The Balaban J connectivity index is 1.55. The molecule has 2 aliphatic carbocycles. The number of unbranched alkanes of at least 4 members (excludes halogenated alkanes) is 3. The number of rotatable bonds is 14. The highest BCUT2D eigenvalue weighted by molar-refractivity contribution is 6.07. The van der Waals surface area contributed by atoms with Crippen LogP contribution in [0.3, 0.4) is 0 Å². The van der Waals surface area contributed by atoms with E-state index in [1.807, 2.05) is 12.1 Å². The average Bonchev–Trinajstić information content (AvgIpc) is 3.52. The van der Waals surface area contributed by atoms with Gasteiger partial charge in [-0.3, -0.25) is 14.4 Å². The van der Waals surface area contributed by atoms with Gasteiger partial charge in [0, 0.05) is 31.0 Å². The molecule has 1 aromatic carbocycles. The van der Waals surface area contributed by atoms with Crippen molar-refractivity contribution in [1.29, 1.82) is 0 Å². The molecule has 2 fully saturated rings. The highest BCUT2D eigenvalue weighted by Gasteiger charge is 2.32. The molecule has 0 heterocycles. The molecule has 2 saturated carbocycles. The molecule has 6 nitrogen and oxygen atoms in total. The summed E-state index contributed by atoms with van der Waals surface area (Å²) in [6, 6.07) is 7.37. The Morgan fingerprint density at radius 3 is 2.06 bits per heavy atom. The number of carbonyl (C=O) groups is 4. The fourth-order valence-electron chi connectivity index (χ4n) is 5.45. The lowest BCUT2D eigenvalue weighted by molar-refractivity contribution is -0.131. The summed E-state index contributed by atoms with van der Waals surface area (Å²) in [5, 5.41) is 6.04. The molecule has 0 aromatic heterocycles. The maximum absolute atomic E-state index is 13.3. The van der Waals surface area contributed by atoms with Gasteiger partial charge in [0.2, 0.25) is 11.8 Å². The summed E-state index contributed by atoms with van der Waals surface area (Å²) in [7, 11) is 0. The van der Waals surface area contributed by atoms with E-state index in [1.54, 1.807) is 19.1 Å². The fraction of sp³-hybridized carbons (Fsp3) is 0.655. The van der Waals surface area contributed by atoms with Crippen molar-refractivity contribution in [3.8, 4) is 0 Å². The van der Waals surface area contributed by atoms with Crippen LogP contribution in [0.2, 0.25) is 0 Å². The van der Waals surface area contributed by atoms with E-state index >= 15 is 0 Å². The third-order valence-corrected chi connectivity index (χ3v) is 7.46. The van der Waals surface area contributed by atoms with Gasteiger partial charge in [-0.2, -0.15) is 0 Å². The number of benzene rings is 1. The zero-order chi connectivity index (χ0) is 25.0. The maximum atomic E-state index is 13.3. The van der Waals surface area contributed by atoms with Crippen LogP contribution >= 0.6 is 0 Å². The van der Waals surface area contributed by atoms with Crippen molar-refractivity contribution in [3.05, 3.63) is 29.8 Å². The average molecular weight is 483 g/mol. The molecule has 0 aliphatic heterocycles. The number of nitrogens with one attached hydrogen (secondary N) is 2. The highest BCUT2D eigenvalue weighted by atomic mass is 16.2. The van der Waals surface area contributed by atoms with Crippen molar-refractivity contribution < 1.29 is 19.2 Å². The third-order valence-electron chi connectivity index (χ3n) is 7.46. The number of ketones is 2. The van der Waals surface area contributed by atoms with E-state index in [-0.39, 0.29) is 29.4 Å². The Morgan fingerprint density at radius 1 is 0.829 bits per heavy atom. The molecule has 2 amide bonds. The maximum Gasteiger partial charge on any atom is 0.235 e. The van der Waals surface area contributed by atoms with Crippen LogP contribution in [-0.2, 0) is 19.2 Å². The molecule has 1 atom stereocenters. The summed E-state index contributed by atoms with van der Waals surface area (Å²) in [5.74, 6) is -0.390. The van der Waals surface area contributed by atoms with Gasteiger partial charge < -0.3 is 15.4 Å². The Kier molecular flexibility index (Phi) is 11.0. The van der Waals surface area contributed by atoms with E-state index < -0.39 is 5.92 Å². The van der Waals surface area contributed by atoms with Crippen LogP contribution in [-0.4, -0.2) is 29.4 Å². The number of hydrogen-bond acceptors (Lipinski definition) is 4. The van der Waals surface area contributed by atoms with Gasteiger partial charge in [0.15, 0.2) is 0 Å². The van der Waals surface area contributed by atoms with Crippen LogP contribution < -0.4 is 10.6 Å². The van der Waals surface area contributed by atoms with E-state index in [0.717, 1.165) is 64.2 Å². The third kappa shape index (κ3) is 9.23. The normalized spacial score (nSPS) is 17.3. The first kappa shape index (κ1) is 27.1. The lowest BCUT2D eigenvalue weighted by Crippen LogP contribution is -2.39. The summed E-state index contributed by atoms with van der Waals surface area (Å²) in [6.45, 7) is 1.61. The van der Waals surface area contributed by atoms with Crippen molar-refractivity contribution in [3.63, 3.8) is 0 Å². The summed E-state index contributed by atoms with van der Waals surface area (Å²) in [5.41, 5.74) is 1.38. The minimum atomic E-state index is -0.782. The first-order valence-electron chi connectivity index (χ1n) is 13.6. The van der Waals surface area contributed by atoms with E-state index in [1.165, 1.54) is 12.8 Å². The van der Waals surface area contributed by atoms with Gasteiger partial charge in [0.25, 0.3) is 0 Å². The van der Waals surface area contributed by atoms with Gasteiger partial charge in [-0.25, -0.2) is 0 Å². The molecule has 0 spiro atoms. The monoisotopic (exact) mass is 482 g/mol. The molecule has 1 unspecified atom stereocenters. The molecular formula is C29H42N2O4. The molecular weight excluding hydrogens is 440 g/mol. The second-order valence-electron chi connectivity index (χ2n) is 10.5. The van der Waals surface area contributed by atoms with Gasteiger partial charge in [-0.05, 0) is 56.2 Å². The second kappa shape index (κ2) is 14.2. The standard InChI is InChI=1S/C29H42N2O4/c1-21(32)10-4-2-3-5-15-27(34)30-25-18-16-23(17-19-25)28(26(33)20-22-11-6-7-12-22)29(35)31-24-13-8-9-14-24/h16-19,22,24,28H,2-15,20H2,1H3,(H,30,34)(H,31,35). The summed E-state index contributed by atoms with van der Waals surface area (Å²) < 4.78 is 0. The van der Waals surface area contributed by atoms with E-state index in [4.69, 9.17) is 0 Å². The quantitative estimate of drug-likeness (QED) is 0.257. The number of hydrogen-bond donors (Lipinski definition) is 2. The van der Waals surface area contributed by atoms with Crippen LogP contribution in [0.1, 0.15) is 115 Å². The van der Waals surface area contributed by atoms with Crippen LogP contribution in [0, 0.1) is 5.92 Å². The zero-order valence-electron chi connectivity index (χ0n) is 21.3. The Labute approximate surface area is 210 Å². The highest BCUT2D eigenvalue weighted by Crippen LogP contribution is 2.31. The molecule has 2 aliphatic rings. The SMILES string of the molecule is CC(=O)CCCCCCC(=O)Nc1ccc(C(C(=O)CC2CCCC2)C(=O)NC2CCCC2)cc1. The molecule has 0 bridgehead atoms. The number of Topliss-reactive ketones (excluding diaryl/α,β-unsaturated/α-hetero) is 2. The van der Waals surface area contributed by atoms with Crippen molar-refractivity contribution in [2.24, 2.45) is 5.92 Å². The van der Waals surface area contributed by atoms with Gasteiger partial charge in [-0.15, -0.1) is 0 Å². The van der Waals surface area contributed by atoms with Crippen LogP contribution in [0.15, 0.2) is 24.3 Å². The van der Waals surface area contributed by atoms with Crippen LogP contribution in [0.5, 0.6) is 0 Å². The van der Waals surface area contributed by atoms with Crippen molar-refractivity contribution >= 4 is 29.1 Å². The Hall–Kier alpha value is -2.50. The molecule has 35 heavy (non-hydrogen) atoms. The minimum absolute atomic E-state index is 0.00829. The first-order chi connectivity index (χ1) is 16.9. The second-order valence-corrected chi connectivity index (χ2v) is 10.5. The topological polar surface area (TPSA) is 92.3 Å². The summed E-state index contributed by atoms with van der Waals surface area (Å²) >= 11 is 0. The molecule has 192 valence electrons. The van der Waals surface area contributed by atoms with Gasteiger partial charge in [-0.1, -0.05) is 63.5 Å². The number of anilines is 1. The molecule has 2 N–H and O–H groups in total. The number of carbonyl (C=O) groups excluding carboxylic acids is 4. The zero-order valence-corrected chi connectivity index (χ0v) is 21.3. The van der Waals surface area contributed by atoms with Crippen LogP contribution in [0.25, 0.3) is 0 Å². The van der Waals surface area contributed by atoms with E-state index in [2.05, 4.69) is 10.6 Å². The Bertz CT molecular complexity index is 822. The molecule has 0 radical (unpaired) electrons. The van der Waals surface area contributed by atoms with Crippen molar-refractivity contribution in [2.75, 3.05) is 5.32 Å². The largest absolute Gasteiger partial charge is 0.352 e. The lowest BCUT2D eigenvalue weighted by Gasteiger charge is -2.21. The molecule has 1 aromatic rings. The fourth-order valence-corrected chi connectivity index (χ4v) is 5.45. The van der Waals surface area contributed by atoms with Gasteiger partial charge >= 0.3 is 0 Å². The molecule has 6 heteroatoms. The Morgan fingerprint density at radius 2 is 1.43 bits per heavy atom. The molecule has 0 saturated heterocycles. The summed E-state index contributed by atoms with van der Waals surface area (Å²) in [6.07, 6.45) is 13.8. The predicted octanol–water partition coefficient (Wildman–Crippen LogP) is 5.85.